The lowest BCUT2D eigenvalue weighted by Gasteiger charge is -2.09. The third kappa shape index (κ3) is 3.28. The molecule has 0 bridgehead atoms. The third-order valence-corrected chi connectivity index (χ3v) is 3.55. The van der Waals surface area contributed by atoms with Gasteiger partial charge < -0.3 is 0 Å². The molecular weight excluding hydrogens is 212 g/mol. The van der Waals surface area contributed by atoms with Gasteiger partial charge in [-0.3, -0.25) is 0 Å². The highest BCUT2D eigenvalue weighted by atomic mass is 32.2. The Morgan fingerprint density at radius 2 is 1.62 bits per heavy atom. The Hall–Kier alpha value is -0.950. The zero-order valence-electron chi connectivity index (χ0n) is 10.8. The molecular formula is C15H20S. The predicted octanol–water partition coefficient (Wildman–Crippen LogP) is 4.97. The second-order valence-electron chi connectivity index (χ2n) is 4.10. The van der Waals surface area contributed by atoms with Crippen molar-refractivity contribution in [3.05, 3.63) is 51.9 Å². The molecule has 86 valence electrons. The van der Waals surface area contributed by atoms with Crippen molar-refractivity contribution >= 4 is 17.3 Å². The van der Waals surface area contributed by atoms with E-state index < -0.39 is 0 Å². The van der Waals surface area contributed by atoms with Crippen LogP contribution in [0.2, 0.25) is 0 Å². The fourth-order valence-electron chi connectivity index (χ4n) is 1.83. The van der Waals surface area contributed by atoms with E-state index in [1.807, 2.05) is 0 Å². The molecule has 0 aliphatic rings. The highest BCUT2D eigenvalue weighted by Gasteiger charge is 2.02. The molecule has 16 heavy (non-hydrogen) atoms. The monoisotopic (exact) mass is 232 g/mol. The molecule has 1 aromatic carbocycles. The second-order valence-corrected chi connectivity index (χ2v) is 5.15. The van der Waals surface area contributed by atoms with Crippen LogP contribution in [0.4, 0.5) is 0 Å². The van der Waals surface area contributed by atoms with Crippen LogP contribution in [0.3, 0.4) is 0 Å². The lowest BCUT2D eigenvalue weighted by atomic mass is 9.96. The van der Waals surface area contributed by atoms with Gasteiger partial charge >= 0.3 is 0 Å². The first-order valence-corrected chi connectivity index (χ1v) is 6.74. The number of hydrogen-bond acceptors (Lipinski definition) is 1. The van der Waals surface area contributed by atoms with Gasteiger partial charge in [0, 0.05) is 0 Å². The summed E-state index contributed by atoms with van der Waals surface area (Å²) in [4.78, 5) is 1.34. The van der Waals surface area contributed by atoms with Gasteiger partial charge in [-0.15, -0.1) is 11.8 Å². The molecule has 0 spiro atoms. The molecule has 0 nitrogen and oxygen atoms in total. The predicted molar refractivity (Wildman–Crippen MR) is 76.8 cm³/mol. The van der Waals surface area contributed by atoms with Gasteiger partial charge in [0.1, 0.15) is 0 Å². The molecule has 1 aromatic rings. The van der Waals surface area contributed by atoms with Crippen molar-refractivity contribution in [1.29, 1.82) is 0 Å². The first kappa shape index (κ1) is 13.1. The molecule has 1 rings (SSSR count). The summed E-state index contributed by atoms with van der Waals surface area (Å²) in [6.45, 7) is 8.66. The van der Waals surface area contributed by atoms with Crippen LogP contribution in [-0.4, -0.2) is 6.26 Å². The van der Waals surface area contributed by atoms with E-state index in [9.17, 15) is 0 Å². The number of thioether (sulfide) groups is 1. The molecule has 0 radical (unpaired) electrons. The SMILES string of the molecule is CS/C(C)=C/C=C(\C)c1c(C)cccc1C. The van der Waals surface area contributed by atoms with Crippen molar-refractivity contribution in [3.8, 4) is 0 Å². The van der Waals surface area contributed by atoms with Crippen LogP contribution < -0.4 is 0 Å². The summed E-state index contributed by atoms with van der Waals surface area (Å²) in [5, 5.41) is 0. The van der Waals surface area contributed by atoms with Crippen molar-refractivity contribution in [2.45, 2.75) is 27.7 Å². The van der Waals surface area contributed by atoms with Crippen LogP contribution >= 0.6 is 11.8 Å². The maximum atomic E-state index is 2.21. The van der Waals surface area contributed by atoms with Crippen LogP contribution in [-0.2, 0) is 0 Å². The van der Waals surface area contributed by atoms with Crippen molar-refractivity contribution in [1.82, 2.24) is 0 Å². The highest BCUT2D eigenvalue weighted by Crippen LogP contribution is 2.23. The zero-order chi connectivity index (χ0) is 12.1. The summed E-state index contributed by atoms with van der Waals surface area (Å²) in [6.07, 6.45) is 6.50. The van der Waals surface area contributed by atoms with E-state index in [1.165, 1.54) is 27.2 Å². The minimum absolute atomic E-state index is 1.34. The number of allylic oxidation sites excluding steroid dienone is 4. The van der Waals surface area contributed by atoms with Gasteiger partial charge in [0.2, 0.25) is 0 Å². The minimum Gasteiger partial charge on any atom is -0.134 e. The topological polar surface area (TPSA) is 0 Å². The Morgan fingerprint density at radius 1 is 1.06 bits per heavy atom. The van der Waals surface area contributed by atoms with Gasteiger partial charge in [-0.05, 0) is 61.1 Å². The molecule has 1 heteroatoms. The quantitative estimate of drug-likeness (QED) is 0.663. The standard InChI is InChI=1S/C15H20S/c1-11-7-6-8-12(2)15(11)13(3)9-10-14(4)16-5/h6-10H,1-5H3/b13-9+,14-10+. The van der Waals surface area contributed by atoms with Crippen LogP contribution in [0.25, 0.3) is 5.57 Å². The highest BCUT2D eigenvalue weighted by molar-refractivity contribution is 8.02. The van der Waals surface area contributed by atoms with Gasteiger partial charge in [-0.25, -0.2) is 0 Å². The average Bonchev–Trinajstić information content (AvgIpc) is 2.25. The lowest BCUT2D eigenvalue weighted by molar-refractivity contribution is 1.33. The van der Waals surface area contributed by atoms with Gasteiger partial charge in [0.25, 0.3) is 0 Å². The van der Waals surface area contributed by atoms with E-state index in [0.29, 0.717) is 0 Å². The molecule has 0 aliphatic carbocycles. The minimum atomic E-state index is 1.34. The molecule has 0 aromatic heterocycles. The van der Waals surface area contributed by atoms with Gasteiger partial charge in [-0.1, -0.05) is 30.4 Å². The smallest absolute Gasteiger partial charge is 0.0140 e. The second kappa shape index (κ2) is 5.95. The largest absolute Gasteiger partial charge is 0.134 e. The van der Waals surface area contributed by atoms with E-state index in [2.05, 4.69) is 64.3 Å². The molecule has 0 N–H and O–H groups in total. The zero-order valence-corrected chi connectivity index (χ0v) is 11.6. The van der Waals surface area contributed by atoms with Crippen LogP contribution in [0, 0.1) is 13.8 Å². The normalized spacial score (nSPS) is 13.1. The van der Waals surface area contributed by atoms with E-state index in [4.69, 9.17) is 0 Å². The van der Waals surface area contributed by atoms with Crippen LogP contribution in [0.15, 0.2) is 35.3 Å². The number of benzene rings is 1. The van der Waals surface area contributed by atoms with E-state index in [0.717, 1.165) is 0 Å². The number of aryl methyl sites for hydroxylation is 2. The summed E-state index contributed by atoms with van der Waals surface area (Å²) in [6, 6.07) is 6.46. The molecule has 0 unspecified atom stereocenters. The Balaban J connectivity index is 3.10. The summed E-state index contributed by atoms with van der Waals surface area (Å²) in [5.74, 6) is 0. The molecule has 0 saturated carbocycles. The fourth-order valence-corrected chi connectivity index (χ4v) is 2.03. The van der Waals surface area contributed by atoms with Crippen molar-refractivity contribution in [3.63, 3.8) is 0 Å². The van der Waals surface area contributed by atoms with E-state index in [-0.39, 0.29) is 0 Å². The Kier molecular flexibility index (Phi) is 4.88. The number of hydrogen-bond donors (Lipinski definition) is 0. The van der Waals surface area contributed by atoms with Crippen LogP contribution in [0.5, 0.6) is 0 Å². The first-order chi connectivity index (χ1) is 7.56. The summed E-state index contributed by atoms with van der Waals surface area (Å²) in [5.41, 5.74) is 5.42. The van der Waals surface area contributed by atoms with Gasteiger partial charge in [0.15, 0.2) is 0 Å². The first-order valence-electron chi connectivity index (χ1n) is 5.52. The Labute approximate surface area is 103 Å². The fraction of sp³-hybridized carbons (Fsp3) is 0.333. The molecule has 0 aliphatic heterocycles. The Bertz CT molecular complexity index is 405. The molecule has 0 atom stereocenters. The maximum Gasteiger partial charge on any atom is -0.0140 e. The van der Waals surface area contributed by atoms with E-state index >= 15 is 0 Å². The lowest BCUT2D eigenvalue weighted by Crippen LogP contribution is -1.89. The summed E-state index contributed by atoms with van der Waals surface area (Å²) in [7, 11) is 0. The average molecular weight is 232 g/mol. The molecule has 0 heterocycles. The summed E-state index contributed by atoms with van der Waals surface area (Å²) >= 11 is 1.79. The molecule has 0 fully saturated rings. The van der Waals surface area contributed by atoms with Crippen molar-refractivity contribution in [2.75, 3.05) is 6.26 Å². The molecule has 0 amide bonds. The van der Waals surface area contributed by atoms with Crippen LogP contribution in [0.1, 0.15) is 30.5 Å². The van der Waals surface area contributed by atoms with E-state index in [1.54, 1.807) is 11.8 Å². The van der Waals surface area contributed by atoms with Gasteiger partial charge in [-0.2, -0.15) is 0 Å². The maximum absolute atomic E-state index is 2.21. The van der Waals surface area contributed by atoms with Crippen molar-refractivity contribution < 1.29 is 0 Å². The Morgan fingerprint density at radius 3 is 2.12 bits per heavy atom. The third-order valence-electron chi connectivity index (χ3n) is 2.77. The van der Waals surface area contributed by atoms with Crippen molar-refractivity contribution in [2.24, 2.45) is 0 Å². The van der Waals surface area contributed by atoms with Gasteiger partial charge in [0.05, 0.1) is 0 Å². The molecule has 0 saturated heterocycles. The summed E-state index contributed by atoms with van der Waals surface area (Å²) < 4.78 is 0. The number of rotatable bonds is 3.